The van der Waals surface area contributed by atoms with Gasteiger partial charge in [-0.2, -0.15) is 13.2 Å². The van der Waals surface area contributed by atoms with E-state index in [0.717, 1.165) is 17.2 Å². The SMILES string of the molecule is CCOC(=O)/C(=C\Sc1ccccc1)C(F)(F)F. The Morgan fingerprint density at radius 2 is 1.94 bits per heavy atom. The molecule has 1 aromatic rings. The van der Waals surface area contributed by atoms with E-state index in [2.05, 4.69) is 4.74 Å². The summed E-state index contributed by atoms with van der Waals surface area (Å²) in [6.07, 6.45) is -4.71. The molecule has 0 bridgehead atoms. The van der Waals surface area contributed by atoms with E-state index in [1.807, 2.05) is 0 Å². The molecule has 1 aromatic carbocycles. The van der Waals surface area contributed by atoms with Crippen molar-refractivity contribution in [3.05, 3.63) is 41.3 Å². The Bertz CT molecular complexity index is 427. The Kier molecular flexibility index (Phi) is 5.27. The van der Waals surface area contributed by atoms with Crippen LogP contribution in [0.15, 0.2) is 46.2 Å². The van der Waals surface area contributed by atoms with Gasteiger partial charge in [0.2, 0.25) is 0 Å². The van der Waals surface area contributed by atoms with Crippen molar-refractivity contribution in [3.8, 4) is 0 Å². The molecule has 0 aliphatic rings. The second-order valence-electron chi connectivity index (χ2n) is 3.18. The predicted molar refractivity (Wildman–Crippen MR) is 63.1 cm³/mol. The summed E-state index contributed by atoms with van der Waals surface area (Å²) >= 11 is 0.827. The molecule has 0 unspecified atom stereocenters. The molecule has 0 fully saturated rings. The van der Waals surface area contributed by atoms with Gasteiger partial charge in [-0.15, -0.1) is 0 Å². The molecule has 18 heavy (non-hydrogen) atoms. The van der Waals surface area contributed by atoms with Gasteiger partial charge >= 0.3 is 12.1 Å². The number of rotatable bonds is 4. The van der Waals surface area contributed by atoms with Crippen LogP contribution < -0.4 is 0 Å². The van der Waals surface area contributed by atoms with Crippen LogP contribution in [0.2, 0.25) is 0 Å². The maximum absolute atomic E-state index is 12.6. The molecule has 1 rings (SSSR count). The molecule has 0 N–H and O–H groups in total. The summed E-state index contributed by atoms with van der Waals surface area (Å²) in [6, 6.07) is 8.46. The van der Waals surface area contributed by atoms with Crippen molar-refractivity contribution in [2.75, 3.05) is 6.61 Å². The van der Waals surface area contributed by atoms with Crippen LogP contribution >= 0.6 is 11.8 Å². The predicted octanol–water partition coefficient (Wildman–Crippen LogP) is 3.79. The zero-order valence-electron chi connectivity index (χ0n) is 9.53. The first kappa shape index (κ1) is 14.6. The lowest BCUT2D eigenvalue weighted by molar-refractivity contribution is -0.150. The minimum Gasteiger partial charge on any atom is -0.462 e. The summed E-state index contributed by atoms with van der Waals surface area (Å²) in [4.78, 5) is 11.8. The summed E-state index contributed by atoms with van der Waals surface area (Å²) in [6.45, 7) is 1.36. The van der Waals surface area contributed by atoms with Crippen molar-refractivity contribution >= 4 is 17.7 Å². The molecule has 0 saturated heterocycles. The standard InChI is InChI=1S/C12H11F3O2S/c1-2-17-11(16)10(12(13,14)15)8-18-9-6-4-3-5-7-9/h3-8H,2H2,1H3/b10-8+. The van der Waals surface area contributed by atoms with E-state index >= 15 is 0 Å². The van der Waals surface area contributed by atoms with E-state index in [-0.39, 0.29) is 6.61 Å². The van der Waals surface area contributed by atoms with Crippen LogP contribution in [-0.2, 0) is 9.53 Å². The van der Waals surface area contributed by atoms with E-state index < -0.39 is 17.7 Å². The van der Waals surface area contributed by atoms with E-state index in [0.29, 0.717) is 4.90 Å². The van der Waals surface area contributed by atoms with E-state index in [4.69, 9.17) is 0 Å². The number of carbonyl (C=O) groups excluding carboxylic acids is 1. The van der Waals surface area contributed by atoms with Crippen molar-refractivity contribution in [1.29, 1.82) is 0 Å². The molecule has 98 valence electrons. The first-order chi connectivity index (χ1) is 8.45. The number of esters is 1. The smallest absolute Gasteiger partial charge is 0.423 e. The van der Waals surface area contributed by atoms with E-state index in [1.54, 1.807) is 30.3 Å². The Labute approximate surface area is 107 Å². The number of ether oxygens (including phenoxy) is 1. The number of hydrogen-bond donors (Lipinski definition) is 0. The molecule has 2 nitrogen and oxygen atoms in total. The fourth-order valence-corrected chi connectivity index (χ4v) is 1.86. The zero-order chi connectivity index (χ0) is 13.6. The lowest BCUT2D eigenvalue weighted by Crippen LogP contribution is -2.21. The molecule has 0 aliphatic heterocycles. The van der Waals surface area contributed by atoms with Gasteiger partial charge in [-0.25, -0.2) is 4.79 Å². The van der Waals surface area contributed by atoms with Gasteiger partial charge in [0, 0.05) is 4.90 Å². The fourth-order valence-electron chi connectivity index (χ4n) is 1.07. The summed E-state index contributed by atoms with van der Waals surface area (Å²) in [5, 5.41) is 0.771. The Morgan fingerprint density at radius 1 is 1.33 bits per heavy atom. The molecule has 0 aliphatic carbocycles. The fraction of sp³-hybridized carbons (Fsp3) is 0.250. The normalized spacial score (nSPS) is 12.3. The molecule has 0 saturated carbocycles. The van der Waals surface area contributed by atoms with Gasteiger partial charge in [0.05, 0.1) is 6.61 Å². The number of halogens is 3. The topological polar surface area (TPSA) is 26.3 Å². The summed E-state index contributed by atoms with van der Waals surface area (Å²) in [7, 11) is 0. The summed E-state index contributed by atoms with van der Waals surface area (Å²) in [5.41, 5.74) is -1.29. The Balaban J connectivity index is 2.87. The third kappa shape index (κ3) is 4.44. The van der Waals surface area contributed by atoms with Crippen LogP contribution in [0.1, 0.15) is 6.92 Å². The lowest BCUT2D eigenvalue weighted by Gasteiger charge is -2.10. The zero-order valence-corrected chi connectivity index (χ0v) is 10.3. The molecule has 0 aromatic heterocycles. The monoisotopic (exact) mass is 276 g/mol. The summed E-state index contributed by atoms with van der Waals surface area (Å²) < 4.78 is 42.2. The van der Waals surface area contributed by atoms with E-state index in [9.17, 15) is 18.0 Å². The molecule has 0 radical (unpaired) electrons. The molecule has 0 heterocycles. The van der Waals surface area contributed by atoms with E-state index in [1.165, 1.54) is 6.92 Å². The molecule has 6 heteroatoms. The van der Waals surface area contributed by atoms with Gasteiger partial charge in [-0.3, -0.25) is 0 Å². The molecular weight excluding hydrogens is 265 g/mol. The van der Waals surface area contributed by atoms with Gasteiger partial charge in [0.15, 0.2) is 0 Å². The Morgan fingerprint density at radius 3 is 2.44 bits per heavy atom. The van der Waals surface area contributed by atoms with Crippen molar-refractivity contribution in [1.82, 2.24) is 0 Å². The minimum absolute atomic E-state index is 0.0950. The number of thioether (sulfide) groups is 1. The van der Waals surface area contributed by atoms with Crippen LogP contribution in [0.4, 0.5) is 13.2 Å². The minimum atomic E-state index is -4.71. The van der Waals surface area contributed by atoms with Crippen LogP contribution in [-0.4, -0.2) is 18.8 Å². The van der Waals surface area contributed by atoms with Gasteiger partial charge in [0.1, 0.15) is 5.57 Å². The average molecular weight is 276 g/mol. The summed E-state index contributed by atoms with van der Waals surface area (Å²) in [5.74, 6) is -1.35. The van der Waals surface area contributed by atoms with Gasteiger partial charge < -0.3 is 4.74 Å². The van der Waals surface area contributed by atoms with Crippen molar-refractivity contribution in [3.63, 3.8) is 0 Å². The number of hydrogen-bond acceptors (Lipinski definition) is 3. The largest absolute Gasteiger partial charge is 0.462 e. The van der Waals surface area contributed by atoms with Crippen molar-refractivity contribution in [2.24, 2.45) is 0 Å². The Hall–Kier alpha value is -1.43. The highest BCUT2D eigenvalue weighted by Gasteiger charge is 2.39. The van der Waals surface area contributed by atoms with Gasteiger partial charge in [-0.1, -0.05) is 30.0 Å². The molecule has 0 amide bonds. The average Bonchev–Trinajstić information content (AvgIpc) is 2.29. The first-order valence-electron chi connectivity index (χ1n) is 5.11. The second kappa shape index (κ2) is 6.49. The number of benzene rings is 1. The first-order valence-corrected chi connectivity index (χ1v) is 5.99. The highest BCUT2D eigenvalue weighted by Crippen LogP contribution is 2.31. The van der Waals surface area contributed by atoms with Crippen LogP contribution in [0, 0.1) is 0 Å². The molecular formula is C12H11F3O2S. The number of carbonyl (C=O) groups is 1. The quantitative estimate of drug-likeness (QED) is 0.475. The number of alkyl halides is 3. The third-order valence-electron chi connectivity index (χ3n) is 1.86. The van der Waals surface area contributed by atoms with Crippen LogP contribution in [0.25, 0.3) is 0 Å². The second-order valence-corrected chi connectivity index (χ2v) is 4.12. The molecule has 0 spiro atoms. The highest BCUT2D eigenvalue weighted by atomic mass is 32.2. The van der Waals surface area contributed by atoms with Crippen LogP contribution in [0.5, 0.6) is 0 Å². The maximum Gasteiger partial charge on any atom is 0.423 e. The van der Waals surface area contributed by atoms with Gasteiger partial charge in [-0.05, 0) is 24.5 Å². The van der Waals surface area contributed by atoms with Crippen molar-refractivity contribution < 1.29 is 22.7 Å². The van der Waals surface area contributed by atoms with Crippen molar-refractivity contribution in [2.45, 2.75) is 18.0 Å². The maximum atomic E-state index is 12.6. The van der Waals surface area contributed by atoms with Crippen LogP contribution in [0.3, 0.4) is 0 Å². The third-order valence-corrected chi connectivity index (χ3v) is 2.75. The van der Waals surface area contributed by atoms with Gasteiger partial charge in [0.25, 0.3) is 0 Å². The highest BCUT2D eigenvalue weighted by molar-refractivity contribution is 8.02. The lowest BCUT2D eigenvalue weighted by atomic mass is 10.3. The molecule has 0 atom stereocenters.